The number of hydrogen-bond donors (Lipinski definition) is 1. The number of nitrogens with one attached hydrogen (secondary N) is 1. The van der Waals surface area contributed by atoms with Crippen molar-refractivity contribution in [1.82, 2.24) is 9.97 Å². The summed E-state index contributed by atoms with van der Waals surface area (Å²) in [4.78, 5) is 24.5. The smallest absolute Gasteiger partial charge is 0.257 e. The average molecular weight is 457 g/mol. The lowest BCUT2D eigenvalue weighted by molar-refractivity contribution is -0.120. The Balaban J connectivity index is 1.56. The highest BCUT2D eigenvalue weighted by atomic mass is 35.5. The van der Waals surface area contributed by atoms with Gasteiger partial charge >= 0.3 is 0 Å². The van der Waals surface area contributed by atoms with Gasteiger partial charge in [-0.15, -0.1) is 0 Å². The number of piperidine rings is 1. The normalized spacial score (nSPS) is 16.0. The van der Waals surface area contributed by atoms with Crippen molar-refractivity contribution in [3.63, 3.8) is 0 Å². The summed E-state index contributed by atoms with van der Waals surface area (Å²) in [5, 5.41) is 3.29. The van der Waals surface area contributed by atoms with Crippen LogP contribution in [0.5, 0.6) is 17.4 Å². The molecule has 32 heavy (non-hydrogen) atoms. The maximum atomic E-state index is 13.1. The number of hydrogen-bond acceptors (Lipinski definition) is 7. The number of benzene rings is 2. The van der Waals surface area contributed by atoms with Crippen molar-refractivity contribution in [2.24, 2.45) is 5.92 Å². The van der Waals surface area contributed by atoms with Crippen LogP contribution in [-0.2, 0) is 4.79 Å². The van der Waals surface area contributed by atoms with Crippen LogP contribution < -0.4 is 24.4 Å². The second-order valence-corrected chi connectivity index (χ2v) is 7.91. The van der Waals surface area contributed by atoms with Gasteiger partial charge in [-0.2, -0.15) is 0 Å². The van der Waals surface area contributed by atoms with E-state index in [0.29, 0.717) is 40.5 Å². The molecule has 168 valence electrons. The third-order valence-electron chi connectivity index (χ3n) is 5.54. The number of halogens is 1. The van der Waals surface area contributed by atoms with Gasteiger partial charge in [-0.25, -0.2) is 9.97 Å². The molecule has 4 rings (SSSR count). The van der Waals surface area contributed by atoms with Crippen molar-refractivity contribution >= 4 is 40.0 Å². The molecule has 3 aromatic rings. The molecule has 0 unspecified atom stereocenters. The van der Waals surface area contributed by atoms with Gasteiger partial charge in [0.15, 0.2) is 5.82 Å². The highest BCUT2D eigenvalue weighted by Gasteiger charge is 2.30. The van der Waals surface area contributed by atoms with Crippen molar-refractivity contribution in [2.75, 3.05) is 44.6 Å². The van der Waals surface area contributed by atoms with Crippen LogP contribution in [0.3, 0.4) is 0 Å². The summed E-state index contributed by atoms with van der Waals surface area (Å²) in [5.74, 6) is 1.69. The molecule has 2 heterocycles. The summed E-state index contributed by atoms with van der Waals surface area (Å²) in [5.41, 5.74) is 1.98. The molecule has 8 nitrogen and oxygen atoms in total. The highest BCUT2D eigenvalue weighted by Crippen LogP contribution is 2.38. The first-order valence-corrected chi connectivity index (χ1v) is 10.7. The van der Waals surface area contributed by atoms with Gasteiger partial charge in [0.2, 0.25) is 5.91 Å². The van der Waals surface area contributed by atoms with E-state index in [0.717, 1.165) is 30.4 Å². The Hall–Kier alpha value is -3.26. The van der Waals surface area contributed by atoms with Gasteiger partial charge in [-0.3, -0.25) is 4.79 Å². The second kappa shape index (κ2) is 9.48. The Kier molecular flexibility index (Phi) is 6.50. The summed E-state index contributed by atoms with van der Waals surface area (Å²) >= 11 is 6.37. The monoisotopic (exact) mass is 456 g/mol. The Morgan fingerprint density at radius 3 is 2.53 bits per heavy atom. The van der Waals surface area contributed by atoms with Crippen LogP contribution in [0.4, 0.5) is 11.5 Å². The van der Waals surface area contributed by atoms with Crippen molar-refractivity contribution < 1.29 is 19.0 Å². The topological polar surface area (TPSA) is 85.8 Å². The van der Waals surface area contributed by atoms with Gasteiger partial charge < -0.3 is 24.4 Å². The second-order valence-electron chi connectivity index (χ2n) is 7.51. The average Bonchev–Trinajstić information content (AvgIpc) is 2.84. The van der Waals surface area contributed by atoms with Crippen molar-refractivity contribution in [3.8, 4) is 17.4 Å². The molecule has 1 atom stereocenters. The van der Waals surface area contributed by atoms with Crippen LogP contribution in [0.2, 0.25) is 5.02 Å². The minimum atomic E-state index is -0.260. The van der Waals surface area contributed by atoms with Crippen LogP contribution in [0.1, 0.15) is 12.8 Å². The number of nitrogens with zero attached hydrogens (tertiary/aromatic N) is 3. The molecule has 1 aromatic heterocycles. The molecule has 1 N–H and O–H groups in total. The first-order valence-electron chi connectivity index (χ1n) is 10.3. The first-order chi connectivity index (χ1) is 15.5. The number of carbonyl (C=O) groups is 1. The fraction of sp³-hybridized carbons (Fsp3) is 0.348. The minimum absolute atomic E-state index is 0.132. The van der Waals surface area contributed by atoms with E-state index in [2.05, 4.69) is 15.2 Å². The third-order valence-corrected chi connectivity index (χ3v) is 5.84. The third kappa shape index (κ3) is 4.36. The molecule has 0 spiro atoms. The summed E-state index contributed by atoms with van der Waals surface area (Å²) in [7, 11) is 4.64. The van der Waals surface area contributed by atoms with E-state index >= 15 is 0 Å². The van der Waals surface area contributed by atoms with Crippen molar-refractivity contribution in [1.29, 1.82) is 0 Å². The molecule has 2 aromatic carbocycles. The van der Waals surface area contributed by atoms with E-state index in [-0.39, 0.29) is 11.8 Å². The zero-order valence-corrected chi connectivity index (χ0v) is 19.0. The zero-order valence-electron chi connectivity index (χ0n) is 18.2. The molecule has 1 fully saturated rings. The Labute approximate surface area is 191 Å². The lowest BCUT2D eigenvalue weighted by atomic mass is 9.97. The lowest BCUT2D eigenvalue weighted by Crippen LogP contribution is -2.41. The molecular formula is C23H25ClN4O4. The molecule has 1 aliphatic heterocycles. The Morgan fingerprint density at radius 2 is 1.84 bits per heavy atom. The van der Waals surface area contributed by atoms with Gasteiger partial charge in [0.05, 0.1) is 43.3 Å². The number of amides is 1. The van der Waals surface area contributed by atoms with Crippen LogP contribution in [-0.4, -0.2) is 50.3 Å². The van der Waals surface area contributed by atoms with Crippen LogP contribution >= 0.6 is 11.6 Å². The predicted molar refractivity (Wildman–Crippen MR) is 124 cm³/mol. The molecule has 0 saturated carbocycles. The van der Waals surface area contributed by atoms with Gasteiger partial charge in [0.25, 0.3) is 5.88 Å². The summed E-state index contributed by atoms with van der Waals surface area (Å²) in [6.07, 6.45) is 1.59. The SMILES string of the molecule is COc1cc(Cl)c(NC(=O)[C@@H]2CCCN(c3nc4ccccc4nc3OC)C2)c(OC)c1. The van der Waals surface area contributed by atoms with Crippen molar-refractivity contribution in [2.45, 2.75) is 12.8 Å². The van der Waals surface area contributed by atoms with E-state index in [9.17, 15) is 4.79 Å². The molecule has 1 amide bonds. The number of aromatic nitrogens is 2. The van der Waals surface area contributed by atoms with Crippen LogP contribution in [0.15, 0.2) is 36.4 Å². The van der Waals surface area contributed by atoms with Crippen LogP contribution in [0.25, 0.3) is 11.0 Å². The molecule has 9 heteroatoms. The van der Waals surface area contributed by atoms with E-state index in [1.54, 1.807) is 26.4 Å². The van der Waals surface area contributed by atoms with Gasteiger partial charge in [0.1, 0.15) is 17.2 Å². The van der Waals surface area contributed by atoms with Gasteiger partial charge in [-0.1, -0.05) is 23.7 Å². The van der Waals surface area contributed by atoms with E-state index in [4.69, 9.17) is 30.8 Å². The fourth-order valence-corrected chi connectivity index (χ4v) is 4.13. The quantitative estimate of drug-likeness (QED) is 0.595. The summed E-state index contributed by atoms with van der Waals surface area (Å²) < 4.78 is 16.1. The number of anilines is 2. The molecule has 0 radical (unpaired) electrons. The maximum Gasteiger partial charge on any atom is 0.257 e. The number of fused-ring (bicyclic) bond motifs is 1. The molecule has 0 aliphatic carbocycles. The maximum absolute atomic E-state index is 13.1. The minimum Gasteiger partial charge on any atom is -0.497 e. The largest absolute Gasteiger partial charge is 0.497 e. The number of ether oxygens (including phenoxy) is 3. The van der Waals surface area contributed by atoms with E-state index in [1.165, 1.54) is 7.11 Å². The molecule has 1 saturated heterocycles. The van der Waals surface area contributed by atoms with Crippen LogP contribution in [0, 0.1) is 5.92 Å². The Morgan fingerprint density at radius 1 is 1.09 bits per heavy atom. The summed E-state index contributed by atoms with van der Waals surface area (Å²) in [6.45, 7) is 1.26. The van der Waals surface area contributed by atoms with Crippen molar-refractivity contribution in [3.05, 3.63) is 41.4 Å². The number of rotatable bonds is 6. The zero-order chi connectivity index (χ0) is 22.7. The standard InChI is InChI=1S/C23H25ClN4O4/c1-30-15-11-16(24)20(19(12-15)31-2)27-22(29)14-7-6-10-28(13-14)21-23(32-3)26-18-9-5-4-8-17(18)25-21/h4-5,8-9,11-12,14H,6-7,10,13H2,1-3H3,(H,27,29)/t14-/m1/s1. The Bertz CT molecular complexity index is 1140. The van der Waals surface area contributed by atoms with Gasteiger partial charge in [0, 0.05) is 25.2 Å². The van der Waals surface area contributed by atoms with E-state index < -0.39 is 0 Å². The summed E-state index contributed by atoms with van der Waals surface area (Å²) in [6, 6.07) is 11.0. The lowest BCUT2D eigenvalue weighted by Gasteiger charge is -2.33. The molecular weight excluding hydrogens is 432 g/mol. The number of methoxy groups -OCH3 is 3. The van der Waals surface area contributed by atoms with Gasteiger partial charge in [-0.05, 0) is 25.0 Å². The number of carbonyl (C=O) groups excluding carboxylic acids is 1. The first kappa shape index (κ1) is 22.0. The van der Waals surface area contributed by atoms with E-state index in [1.807, 2.05) is 24.3 Å². The molecule has 1 aliphatic rings. The number of para-hydroxylation sites is 2. The fourth-order valence-electron chi connectivity index (χ4n) is 3.88. The predicted octanol–water partition coefficient (Wildman–Crippen LogP) is 4.16. The molecule has 0 bridgehead atoms. The highest BCUT2D eigenvalue weighted by molar-refractivity contribution is 6.34.